The highest BCUT2D eigenvalue weighted by atomic mass is 15.1. The standard InChI is InChI=1S/C42H32N4/c1-29-13-23-39-37(27-29)38-28-30(2)14-24-40(38)46(39)36-21-19-35(20-22-36)45(33-11-7-4-8-12-33)34-17-15-32(16-18-34)42-41(43-25-26-44-42)31-9-5-3-6-10-31/h3-28H,1-2H3. The van der Waals surface area contributed by atoms with Crippen LogP contribution in [0.25, 0.3) is 50.0 Å². The van der Waals surface area contributed by atoms with Gasteiger partial charge in [0.05, 0.1) is 22.4 Å². The van der Waals surface area contributed by atoms with Crippen LogP contribution in [0.2, 0.25) is 0 Å². The van der Waals surface area contributed by atoms with Crippen molar-refractivity contribution in [1.82, 2.24) is 14.5 Å². The summed E-state index contributed by atoms with van der Waals surface area (Å²) >= 11 is 0. The minimum absolute atomic E-state index is 0.868. The van der Waals surface area contributed by atoms with E-state index in [0.29, 0.717) is 0 Å². The van der Waals surface area contributed by atoms with Crippen molar-refractivity contribution in [2.45, 2.75) is 13.8 Å². The van der Waals surface area contributed by atoms with Crippen molar-refractivity contribution >= 4 is 38.9 Å². The number of hydrogen-bond acceptors (Lipinski definition) is 3. The second-order valence-electron chi connectivity index (χ2n) is 11.7. The molecule has 0 N–H and O–H groups in total. The lowest BCUT2D eigenvalue weighted by molar-refractivity contribution is 1.17. The molecule has 6 aromatic carbocycles. The lowest BCUT2D eigenvalue weighted by Crippen LogP contribution is -2.10. The zero-order chi connectivity index (χ0) is 31.0. The number of benzene rings is 6. The molecule has 4 heteroatoms. The number of aryl methyl sites for hydroxylation is 2. The SMILES string of the molecule is Cc1ccc2c(c1)c1cc(C)ccc1n2-c1ccc(N(c2ccccc2)c2ccc(-c3nccnc3-c3ccccc3)cc2)cc1. The average Bonchev–Trinajstić information content (AvgIpc) is 3.42. The summed E-state index contributed by atoms with van der Waals surface area (Å²) in [6.07, 6.45) is 3.51. The van der Waals surface area contributed by atoms with Gasteiger partial charge in [-0.2, -0.15) is 0 Å². The summed E-state index contributed by atoms with van der Waals surface area (Å²) in [5.74, 6) is 0. The van der Waals surface area contributed by atoms with Gasteiger partial charge in [-0.1, -0.05) is 83.9 Å². The van der Waals surface area contributed by atoms with Crippen LogP contribution in [-0.4, -0.2) is 14.5 Å². The maximum Gasteiger partial charge on any atom is 0.0965 e. The van der Waals surface area contributed by atoms with E-state index in [-0.39, 0.29) is 0 Å². The predicted octanol–water partition coefficient (Wildman–Crippen LogP) is 11.0. The molecule has 46 heavy (non-hydrogen) atoms. The molecule has 0 unspecified atom stereocenters. The molecule has 0 spiro atoms. The number of hydrogen-bond donors (Lipinski definition) is 0. The Hall–Kier alpha value is -6.00. The van der Waals surface area contributed by atoms with Gasteiger partial charge in [0.25, 0.3) is 0 Å². The number of fused-ring (bicyclic) bond motifs is 3. The Labute approximate surface area is 268 Å². The topological polar surface area (TPSA) is 34.0 Å². The largest absolute Gasteiger partial charge is 0.311 e. The molecule has 4 nitrogen and oxygen atoms in total. The number of anilines is 3. The van der Waals surface area contributed by atoms with Crippen LogP contribution in [0.5, 0.6) is 0 Å². The molecule has 8 rings (SSSR count). The molecule has 2 aromatic heterocycles. The molecule has 0 saturated carbocycles. The Morgan fingerprint density at radius 3 is 1.46 bits per heavy atom. The molecular weight excluding hydrogens is 560 g/mol. The molecule has 0 amide bonds. The third-order valence-electron chi connectivity index (χ3n) is 8.60. The van der Waals surface area contributed by atoms with Gasteiger partial charge in [0.2, 0.25) is 0 Å². The van der Waals surface area contributed by atoms with E-state index in [1.54, 1.807) is 12.4 Å². The van der Waals surface area contributed by atoms with Gasteiger partial charge in [-0.25, -0.2) is 0 Å². The number of para-hydroxylation sites is 1. The fourth-order valence-corrected chi connectivity index (χ4v) is 6.43. The molecule has 2 heterocycles. The molecular formula is C42H32N4. The van der Waals surface area contributed by atoms with Gasteiger partial charge in [-0.15, -0.1) is 0 Å². The van der Waals surface area contributed by atoms with Gasteiger partial charge < -0.3 is 9.47 Å². The van der Waals surface area contributed by atoms with E-state index in [0.717, 1.165) is 45.3 Å². The number of rotatable bonds is 6. The quantitative estimate of drug-likeness (QED) is 0.193. The van der Waals surface area contributed by atoms with Crippen molar-refractivity contribution in [2.24, 2.45) is 0 Å². The van der Waals surface area contributed by atoms with Gasteiger partial charge in [0.1, 0.15) is 0 Å². The summed E-state index contributed by atoms with van der Waals surface area (Å²) in [5, 5.41) is 2.57. The minimum Gasteiger partial charge on any atom is -0.311 e. The van der Waals surface area contributed by atoms with E-state index in [1.807, 2.05) is 18.2 Å². The zero-order valence-corrected chi connectivity index (χ0v) is 25.8. The van der Waals surface area contributed by atoms with Gasteiger partial charge in [-0.3, -0.25) is 9.97 Å². The van der Waals surface area contributed by atoms with Crippen molar-refractivity contribution in [2.75, 3.05) is 4.90 Å². The van der Waals surface area contributed by atoms with Crippen molar-refractivity contribution in [1.29, 1.82) is 0 Å². The maximum absolute atomic E-state index is 4.72. The number of aromatic nitrogens is 3. The van der Waals surface area contributed by atoms with E-state index in [9.17, 15) is 0 Å². The van der Waals surface area contributed by atoms with Crippen LogP contribution >= 0.6 is 0 Å². The molecule has 8 aromatic rings. The Bertz CT molecular complexity index is 2240. The maximum atomic E-state index is 4.72. The lowest BCUT2D eigenvalue weighted by Gasteiger charge is -2.26. The van der Waals surface area contributed by atoms with Crippen molar-refractivity contribution in [3.05, 3.63) is 169 Å². The average molecular weight is 593 g/mol. The first-order valence-corrected chi connectivity index (χ1v) is 15.6. The molecule has 0 radical (unpaired) electrons. The molecule has 0 aliphatic heterocycles. The van der Waals surface area contributed by atoms with E-state index in [1.165, 1.54) is 32.9 Å². The van der Waals surface area contributed by atoms with E-state index >= 15 is 0 Å². The first-order chi connectivity index (χ1) is 22.6. The van der Waals surface area contributed by atoms with Crippen molar-refractivity contribution in [3.63, 3.8) is 0 Å². The van der Waals surface area contributed by atoms with Gasteiger partial charge >= 0.3 is 0 Å². The summed E-state index contributed by atoms with van der Waals surface area (Å²) in [6, 6.07) is 51.7. The molecule has 0 fully saturated rings. The predicted molar refractivity (Wildman–Crippen MR) is 191 cm³/mol. The fraction of sp³-hybridized carbons (Fsp3) is 0.0476. The Morgan fingerprint density at radius 2 is 0.913 bits per heavy atom. The highest BCUT2D eigenvalue weighted by molar-refractivity contribution is 6.09. The molecule has 0 aliphatic rings. The van der Waals surface area contributed by atoms with Crippen LogP contribution in [-0.2, 0) is 0 Å². The molecule has 0 saturated heterocycles. The summed E-state index contributed by atoms with van der Waals surface area (Å²) in [7, 11) is 0. The van der Waals surface area contributed by atoms with Gasteiger partial charge in [0, 0.05) is 57.0 Å². The summed E-state index contributed by atoms with van der Waals surface area (Å²) in [6.45, 7) is 4.32. The molecule has 0 aliphatic carbocycles. The van der Waals surface area contributed by atoms with Crippen LogP contribution in [0.15, 0.2) is 158 Å². The van der Waals surface area contributed by atoms with Gasteiger partial charge in [0.15, 0.2) is 0 Å². The number of nitrogens with zero attached hydrogens (tertiary/aromatic N) is 4. The van der Waals surface area contributed by atoms with Crippen LogP contribution < -0.4 is 4.90 Å². The highest BCUT2D eigenvalue weighted by Crippen LogP contribution is 2.38. The lowest BCUT2D eigenvalue weighted by atomic mass is 10.0. The van der Waals surface area contributed by atoms with E-state index < -0.39 is 0 Å². The second kappa shape index (κ2) is 11.5. The summed E-state index contributed by atoms with van der Waals surface area (Å²) < 4.78 is 2.38. The van der Waals surface area contributed by atoms with Crippen LogP contribution in [0.1, 0.15) is 11.1 Å². The first-order valence-electron chi connectivity index (χ1n) is 15.6. The normalized spacial score (nSPS) is 11.3. The van der Waals surface area contributed by atoms with Crippen LogP contribution in [0.4, 0.5) is 17.1 Å². The minimum atomic E-state index is 0.868. The Kier molecular flexibility index (Phi) is 6.88. The van der Waals surface area contributed by atoms with Crippen molar-refractivity contribution < 1.29 is 0 Å². The fourth-order valence-electron chi connectivity index (χ4n) is 6.43. The molecule has 0 atom stereocenters. The monoisotopic (exact) mass is 592 g/mol. The molecule has 0 bridgehead atoms. The summed E-state index contributed by atoms with van der Waals surface area (Å²) in [5.41, 5.74) is 13.2. The second-order valence-corrected chi connectivity index (χ2v) is 11.7. The van der Waals surface area contributed by atoms with Crippen LogP contribution in [0, 0.1) is 13.8 Å². The smallest absolute Gasteiger partial charge is 0.0965 e. The Morgan fingerprint density at radius 1 is 0.457 bits per heavy atom. The highest BCUT2D eigenvalue weighted by Gasteiger charge is 2.17. The Balaban J connectivity index is 1.20. The van der Waals surface area contributed by atoms with E-state index in [2.05, 4.69) is 156 Å². The van der Waals surface area contributed by atoms with E-state index in [4.69, 9.17) is 4.98 Å². The van der Waals surface area contributed by atoms with Crippen molar-refractivity contribution in [3.8, 4) is 28.2 Å². The molecule has 220 valence electrons. The zero-order valence-electron chi connectivity index (χ0n) is 25.8. The van der Waals surface area contributed by atoms with Crippen LogP contribution in [0.3, 0.4) is 0 Å². The third kappa shape index (κ3) is 4.90. The summed E-state index contributed by atoms with van der Waals surface area (Å²) in [4.78, 5) is 11.7. The third-order valence-corrected chi connectivity index (χ3v) is 8.60. The first kappa shape index (κ1) is 27.5. The van der Waals surface area contributed by atoms with Gasteiger partial charge in [-0.05, 0) is 86.6 Å².